The molecule has 4 aliphatic rings. The minimum Gasteiger partial charge on any atom is -0.378 e. The van der Waals surface area contributed by atoms with E-state index in [4.69, 9.17) is 14.7 Å². The average Bonchev–Trinajstić information content (AvgIpc) is 3.70. The van der Waals surface area contributed by atoms with Gasteiger partial charge in [-0.15, -0.1) is 0 Å². The number of carbonyl (C=O) groups is 1. The lowest BCUT2D eigenvalue weighted by Crippen LogP contribution is -2.64. The molecule has 4 unspecified atom stereocenters. The predicted octanol–water partition coefficient (Wildman–Crippen LogP) is 5.12. The van der Waals surface area contributed by atoms with Crippen molar-refractivity contribution in [3.8, 4) is 0 Å². The molecule has 4 fully saturated rings. The Morgan fingerprint density at radius 3 is 2.52 bits per heavy atom. The fourth-order valence-corrected chi connectivity index (χ4v) is 10.8. The number of nitrogens with zero attached hydrogens (tertiary/aromatic N) is 9. The number of alkyl halides is 4. The summed E-state index contributed by atoms with van der Waals surface area (Å²) in [6.07, 6.45) is 3.18. The smallest absolute Gasteiger partial charge is 0.378 e. The van der Waals surface area contributed by atoms with Gasteiger partial charge in [-0.3, -0.25) is 9.78 Å². The molecule has 8 rings (SSSR count). The number of amides is 1. The van der Waals surface area contributed by atoms with Crippen LogP contribution in [0.2, 0.25) is 0 Å². The fraction of sp³-hybridized carbons (Fsp3) is 0.487. The van der Waals surface area contributed by atoms with Crippen molar-refractivity contribution in [3.63, 3.8) is 0 Å². The van der Waals surface area contributed by atoms with Gasteiger partial charge < -0.3 is 29.7 Å². The van der Waals surface area contributed by atoms with E-state index in [2.05, 4.69) is 26.8 Å². The number of piperidine rings is 1. The van der Waals surface area contributed by atoms with Crippen LogP contribution in [0.15, 0.2) is 61.7 Å². The summed E-state index contributed by atoms with van der Waals surface area (Å²) in [5.41, 5.74) is 0.0673. The number of methoxy groups -OCH3 is 1. The standard InChI is InChI=1S/C39H44F4N10O4S/c1-4-36(54)52-12-5-6-30(52)26-18-47-37(27-19-46-35(17-25(26)27)48-34-8-11-45-38(49-34)51-13-9-31(57-3)29(40)21-51)53-20-28(23(53)2)32-22-50(14-15-58(32,55)56)24-7-10-44-33(16-24)39(41,42)43/h4,7-8,10-11,16-19,23,28-32H,1,5-6,9,12-15,20-22H2,2-3H3,(H,45,46,48,49)/t23?,28?,29-,30?,31+,32?/m0/s1. The second-order valence-electron chi connectivity index (χ2n) is 15.2. The maximum absolute atomic E-state index is 14.7. The number of nitrogens with one attached hydrogen (secondary N) is 1. The highest BCUT2D eigenvalue weighted by molar-refractivity contribution is 7.92. The molecule has 0 radical (unpaired) electrons. The van der Waals surface area contributed by atoms with E-state index < -0.39 is 39.2 Å². The number of pyridine rings is 3. The molecule has 4 aliphatic heterocycles. The van der Waals surface area contributed by atoms with Crippen LogP contribution in [-0.4, -0.2) is 120 Å². The van der Waals surface area contributed by atoms with Gasteiger partial charge in [0.05, 0.1) is 29.7 Å². The number of sulfone groups is 1. The van der Waals surface area contributed by atoms with E-state index in [-0.39, 0.29) is 55.0 Å². The molecule has 19 heteroatoms. The minimum absolute atomic E-state index is 0.0512. The molecule has 308 valence electrons. The first kappa shape index (κ1) is 39.6. The number of aromatic nitrogens is 5. The summed E-state index contributed by atoms with van der Waals surface area (Å²) < 4.78 is 87.4. The molecule has 0 spiro atoms. The number of carbonyl (C=O) groups excluding carboxylic acids is 1. The summed E-state index contributed by atoms with van der Waals surface area (Å²) in [5.74, 6) is 1.19. The first-order valence-electron chi connectivity index (χ1n) is 19.3. The molecule has 58 heavy (non-hydrogen) atoms. The first-order chi connectivity index (χ1) is 27.7. The third-order valence-electron chi connectivity index (χ3n) is 12.0. The van der Waals surface area contributed by atoms with E-state index in [1.54, 1.807) is 39.4 Å². The molecule has 1 N–H and O–H groups in total. The second-order valence-corrected chi connectivity index (χ2v) is 17.6. The van der Waals surface area contributed by atoms with E-state index in [9.17, 15) is 30.8 Å². The molecular formula is C39H44F4N10O4S. The highest BCUT2D eigenvalue weighted by atomic mass is 32.2. The van der Waals surface area contributed by atoms with Crippen LogP contribution in [0.4, 0.5) is 46.7 Å². The summed E-state index contributed by atoms with van der Waals surface area (Å²) in [7, 11) is -2.06. The van der Waals surface area contributed by atoms with E-state index in [1.165, 1.54) is 19.3 Å². The van der Waals surface area contributed by atoms with E-state index in [0.717, 1.165) is 29.6 Å². The van der Waals surface area contributed by atoms with Crippen LogP contribution in [-0.2, 0) is 25.5 Å². The quantitative estimate of drug-likeness (QED) is 0.176. The molecule has 4 aromatic rings. The highest BCUT2D eigenvalue weighted by Gasteiger charge is 2.49. The Balaban J connectivity index is 1.08. The van der Waals surface area contributed by atoms with Crippen molar-refractivity contribution in [1.82, 2.24) is 29.8 Å². The summed E-state index contributed by atoms with van der Waals surface area (Å²) in [6.45, 7) is 7.30. The van der Waals surface area contributed by atoms with E-state index in [0.29, 0.717) is 61.3 Å². The van der Waals surface area contributed by atoms with Crippen LogP contribution >= 0.6 is 0 Å². The van der Waals surface area contributed by atoms with Gasteiger partial charge in [0.25, 0.3) is 0 Å². The van der Waals surface area contributed by atoms with Crippen LogP contribution in [0.25, 0.3) is 10.8 Å². The Kier molecular flexibility index (Phi) is 10.6. The second kappa shape index (κ2) is 15.5. The summed E-state index contributed by atoms with van der Waals surface area (Å²) >= 11 is 0. The number of anilines is 5. The Morgan fingerprint density at radius 2 is 1.78 bits per heavy atom. The zero-order valence-electron chi connectivity index (χ0n) is 32.0. The van der Waals surface area contributed by atoms with Crippen LogP contribution in [0, 0.1) is 5.92 Å². The van der Waals surface area contributed by atoms with Gasteiger partial charge >= 0.3 is 6.18 Å². The molecule has 8 heterocycles. The number of ether oxygens (including phenoxy) is 1. The number of fused-ring (bicyclic) bond motifs is 1. The third-order valence-corrected chi connectivity index (χ3v) is 14.2. The monoisotopic (exact) mass is 824 g/mol. The van der Waals surface area contributed by atoms with Crippen molar-refractivity contribution >= 4 is 55.6 Å². The molecule has 4 saturated heterocycles. The number of halogens is 4. The van der Waals surface area contributed by atoms with Crippen molar-refractivity contribution in [2.45, 2.75) is 62.0 Å². The molecule has 4 aromatic heterocycles. The minimum atomic E-state index is -4.63. The molecule has 0 bridgehead atoms. The van der Waals surface area contributed by atoms with Gasteiger partial charge in [-0.05, 0) is 61.9 Å². The Labute approximate surface area is 333 Å². The number of likely N-dealkylation sites (tertiary alicyclic amines) is 1. The number of hydrogen-bond acceptors (Lipinski definition) is 13. The van der Waals surface area contributed by atoms with Crippen molar-refractivity contribution in [3.05, 3.63) is 73.0 Å². The maximum Gasteiger partial charge on any atom is 0.433 e. The van der Waals surface area contributed by atoms with Crippen LogP contribution in [0.3, 0.4) is 0 Å². The SMILES string of the molecule is C=CC(=O)N1CCCC1c1cnc(N2CC(C3CN(c4ccnc(C(F)(F)F)c4)CCS3(=O)=O)C2C)c2cnc(Nc3ccnc(N4CC[C@@H](OC)[C@@H](F)C4)n3)cc12. The third kappa shape index (κ3) is 7.49. The maximum atomic E-state index is 14.7. The van der Waals surface area contributed by atoms with Crippen molar-refractivity contribution in [2.24, 2.45) is 5.92 Å². The lowest BCUT2D eigenvalue weighted by Gasteiger charge is -2.52. The lowest BCUT2D eigenvalue weighted by atomic mass is 9.85. The van der Waals surface area contributed by atoms with Gasteiger partial charge in [-0.25, -0.2) is 27.8 Å². The topological polar surface area (TPSA) is 150 Å². The normalized spacial score (nSPS) is 26.1. The van der Waals surface area contributed by atoms with Crippen LogP contribution in [0.5, 0.6) is 0 Å². The van der Waals surface area contributed by atoms with E-state index >= 15 is 0 Å². The van der Waals surface area contributed by atoms with Gasteiger partial charge in [0.2, 0.25) is 11.9 Å². The Bertz CT molecular complexity index is 2320. The lowest BCUT2D eigenvalue weighted by molar-refractivity contribution is -0.141. The van der Waals surface area contributed by atoms with Crippen LogP contribution < -0.4 is 20.0 Å². The molecule has 6 atom stereocenters. The fourth-order valence-electron chi connectivity index (χ4n) is 8.77. The summed E-state index contributed by atoms with van der Waals surface area (Å²) in [5, 5.41) is 3.95. The zero-order valence-corrected chi connectivity index (χ0v) is 32.8. The van der Waals surface area contributed by atoms with Gasteiger partial charge in [-0.2, -0.15) is 18.2 Å². The highest BCUT2D eigenvalue weighted by Crippen LogP contribution is 2.43. The predicted molar refractivity (Wildman–Crippen MR) is 211 cm³/mol. The van der Waals surface area contributed by atoms with Gasteiger partial charge in [0, 0.05) is 93.2 Å². The molecule has 14 nitrogen and oxygen atoms in total. The molecule has 0 aliphatic carbocycles. The Morgan fingerprint density at radius 1 is 0.966 bits per heavy atom. The molecule has 0 saturated carbocycles. The first-order valence-corrected chi connectivity index (χ1v) is 21.0. The summed E-state index contributed by atoms with van der Waals surface area (Å²) in [4.78, 5) is 42.4. The van der Waals surface area contributed by atoms with Crippen molar-refractivity contribution < 1.29 is 35.5 Å². The van der Waals surface area contributed by atoms with Gasteiger partial charge in [0.15, 0.2) is 9.84 Å². The van der Waals surface area contributed by atoms with Crippen LogP contribution in [0.1, 0.15) is 43.5 Å². The number of rotatable bonds is 9. The number of hydrogen-bond donors (Lipinski definition) is 1. The van der Waals surface area contributed by atoms with Gasteiger partial charge in [-0.1, -0.05) is 6.58 Å². The average molecular weight is 825 g/mol. The molecule has 1 amide bonds. The largest absolute Gasteiger partial charge is 0.433 e. The molecular weight excluding hydrogens is 781 g/mol. The van der Waals surface area contributed by atoms with Crippen molar-refractivity contribution in [1.29, 1.82) is 0 Å². The van der Waals surface area contributed by atoms with Gasteiger partial charge in [0.1, 0.15) is 29.3 Å². The molecule has 0 aromatic carbocycles. The Hall–Kier alpha value is -5.17. The summed E-state index contributed by atoms with van der Waals surface area (Å²) in [6, 6.07) is 5.44. The van der Waals surface area contributed by atoms with Crippen molar-refractivity contribution in [2.75, 3.05) is 72.1 Å². The zero-order chi connectivity index (χ0) is 40.9. The van der Waals surface area contributed by atoms with E-state index in [1.807, 2.05) is 17.9 Å².